The molecule has 7 nitrogen and oxygen atoms in total. The molecule has 4 rings (SSSR count). The number of carbonyl (C=O) groups is 3. The second-order valence-electron chi connectivity index (χ2n) is 9.61. The van der Waals surface area contributed by atoms with Crippen LogP contribution in [0.3, 0.4) is 0 Å². The molecule has 4 amide bonds. The smallest absolute Gasteiger partial charge is 0.325 e. The summed E-state index contributed by atoms with van der Waals surface area (Å²) < 4.78 is 0. The number of β-amino-alcohol motifs (C(OH)–C–C–N with tert-alkyl or cyclic N) is 1. The minimum atomic E-state index is -1.38. The highest BCUT2D eigenvalue weighted by Crippen LogP contribution is 2.37. The van der Waals surface area contributed by atoms with Crippen LogP contribution in [0.25, 0.3) is 0 Å². The van der Waals surface area contributed by atoms with E-state index in [2.05, 4.69) is 10.6 Å². The maximum absolute atomic E-state index is 13.8. The number of imide groups is 1. The maximum Gasteiger partial charge on any atom is 0.325 e. The van der Waals surface area contributed by atoms with E-state index < -0.39 is 23.6 Å². The van der Waals surface area contributed by atoms with Gasteiger partial charge < -0.3 is 15.7 Å². The van der Waals surface area contributed by atoms with Gasteiger partial charge in [0.15, 0.2) is 5.54 Å². The van der Waals surface area contributed by atoms with E-state index in [9.17, 15) is 19.5 Å². The van der Waals surface area contributed by atoms with Crippen molar-refractivity contribution in [1.29, 1.82) is 0 Å². The number of anilines is 1. The summed E-state index contributed by atoms with van der Waals surface area (Å²) in [4.78, 5) is 40.0. The topological polar surface area (TPSA) is 98.7 Å². The van der Waals surface area contributed by atoms with Crippen LogP contribution in [0.5, 0.6) is 0 Å². The first-order valence-electron chi connectivity index (χ1n) is 12.1. The lowest BCUT2D eigenvalue weighted by Gasteiger charge is -2.28. The monoisotopic (exact) mass is 485 g/mol. The number of benzene rings is 3. The van der Waals surface area contributed by atoms with E-state index in [1.54, 1.807) is 24.3 Å². The summed E-state index contributed by atoms with van der Waals surface area (Å²) in [5, 5.41) is 16.6. The molecule has 2 atom stereocenters. The number of amides is 4. The number of nitrogens with one attached hydrogen (secondary N) is 2. The fourth-order valence-electron chi connectivity index (χ4n) is 4.44. The first-order chi connectivity index (χ1) is 17.2. The molecule has 0 radical (unpaired) electrons. The van der Waals surface area contributed by atoms with Crippen LogP contribution in [0.1, 0.15) is 48.6 Å². The molecule has 0 bridgehead atoms. The van der Waals surface area contributed by atoms with Gasteiger partial charge in [-0.2, -0.15) is 0 Å². The third-order valence-corrected chi connectivity index (χ3v) is 6.33. The van der Waals surface area contributed by atoms with Crippen molar-refractivity contribution >= 4 is 23.5 Å². The van der Waals surface area contributed by atoms with E-state index in [-0.39, 0.29) is 18.4 Å². The quantitative estimate of drug-likeness (QED) is 0.409. The molecule has 1 aliphatic rings. The summed E-state index contributed by atoms with van der Waals surface area (Å²) in [5.74, 6) is -0.275. The Morgan fingerprint density at radius 3 is 2.17 bits per heavy atom. The molecule has 1 fully saturated rings. The molecule has 3 aromatic rings. The van der Waals surface area contributed by atoms with E-state index in [1.165, 1.54) is 0 Å². The van der Waals surface area contributed by atoms with Crippen molar-refractivity contribution in [2.75, 3.05) is 11.9 Å². The van der Waals surface area contributed by atoms with E-state index >= 15 is 0 Å². The maximum atomic E-state index is 13.8. The van der Waals surface area contributed by atoms with Gasteiger partial charge in [-0.25, -0.2) is 4.79 Å². The molecule has 1 heterocycles. The average molecular weight is 486 g/mol. The highest BCUT2D eigenvalue weighted by molar-refractivity contribution is 6.09. The highest BCUT2D eigenvalue weighted by atomic mass is 16.3. The summed E-state index contributed by atoms with van der Waals surface area (Å²) in [5.41, 5.74) is 2.10. The van der Waals surface area contributed by atoms with Crippen LogP contribution >= 0.6 is 0 Å². The summed E-state index contributed by atoms with van der Waals surface area (Å²) in [7, 11) is 0. The molecule has 7 heteroatoms. The molecule has 0 spiro atoms. The van der Waals surface area contributed by atoms with Gasteiger partial charge in [-0.3, -0.25) is 14.5 Å². The Morgan fingerprint density at radius 2 is 1.56 bits per heavy atom. The van der Waals surface area contributed by atoms with E-state index in [4.69, 9.17) is 0 Å². The van der Waals surface area contributed by atoms with E-state index in [1.807, 2.05) is 75.4 Å². The van der Waals surface area contributed by atoms with Crippen molar-refractivity contribution in [3.8, 4) is 0 Å². The van der Waals surface area contributed by atoms with Crippen LogP contribution in [0, 0.1) is 12.8 Å². The van der Waals surface area contributed by atoms with E-state index in [0.29, 0.717) is 28.8 Å². The molecule has 1 aliphatic heterocycles. The zero-order valence-corrected chi connectivity index (χ0v) is 20.7. The lowest BCUT2D eigenvalue weighted by molar-refractivity contribution is -0.131. The Balaban J connectivity index is 1.56. The number of aryl methyl sites for hydroxylation is 1. The number of rotatable bonds is 8. The predicted octanol–water partition coefficient (Wildman–Crippen LogP) is 4.51. The fraction of sp³-hybridized carbons (Fsp3) is 0.276. The number of hydrogen-bond donors (Lipinski definition) is 3. The molecule has 2 unspecified atom stereocenters. The number of carbonyl (C=O) groups excluding carboxylic acids is 3. The molecule has 0 aromatic heterocycles. The SMILES string of the molecule is Cc1ccc(C2(c3ccccc3)NC(=O)N(CC(O)c3ccc(NC(=O)CC(C)C)cc3)C2=O)cc1. The molecule has 186 valence electrons. The minimum absolute atomic E-state index is 0.0778. The van der Waals surface area contributed by atoms with E-state index in [0.717, 1.165) is 10.5 Å². The van der Waals surface area contributed by atoms with Gasteiger partial charge in [-0.05, 0) is 41.7 Å². The fourth-order valence-corrected chi connectivity index (χ4v) is 4.44. The summed E-state index contributed by atoms with van der Waals surface area (Å²) in [6, 6.07) is 22.8. The normalized spacial score (nSPS) is 18.3. The lowest BCUT2D eigenvalue weighted by atomic mass is 9.82. The number of aliphatic hydroxyl groups is 1. The third-order valence-electron chi connectivity index (χ3n) is 6.33. The molecule has 0 aliphatic carbocycles. The van der Waals surface area contributed by atoms with Crippen molar-refractivity contribution < 1.29 is 19.5 Å². The number of nitrogens with zero attached hydrogens (tertiary/aromatic N) is 1. The van der Waals surface area contributed by atoms with Crippen molar-refractivity contribution in [1.82, 2.24) is 10.2 Å². The Labute approximate surface area is 211 Å². The van der Waals surface area contributed by atoms with Crippen molar-refractivity contribution in [3.63, 3.8) is 0 Å². The van der Waals surface area contributed by atoms with Gasteiger partial charge >= 0.3 is 6.03 Å². The second kappa shape index (κ2) is 10.3. The first-order valence-corrected chi connectivity index (χ1v) is 12.1. The molecular weight excluding hydrogens is 454 g/mol. The van der Waals surface area contributed by atoms with Gasteiger partial charge in [-0.1, -0.05) is 86.1 Å². The molecule has 3 N–H and O–H groups in total. The zero-order chi connectivity index (χ0) is 25.9. The Hall–Kier alpha value is -3.97. The Bertz CT molecular complexity index is 1240. The van der Waals surface area contributed by atoms with Crippen molar-refractivity contribution in [3.05, 3.63) is 101 Å². The highest BCUT2D eigenvalue weighted by Gasteiger charge is 2.53. The third kappa shape index (κ3) is 5.02. The van der Waals surface area contributed by atoms with Gasteiger partial charge in [0.1, 0.15) is 0 Å². The lowest BCUT2D eigenvalue weighted by Crippen LogP contribution is -2.45. The van der Waals surface area contributed by atoms with Crippen LogP contribution in [-0.2, 0) is 15.1 Å². The zero-order valence-electron chi connectivity index (χ0n) is 20.7. The number of aliphatic hydroxyl groups excluding tert-OH is 1. The van der Waals surface area contributed by atoms with Crippen LogP contribution in [0.2, 0.25) is 0 Å². The predicted molar refractivity (Wildman–Crippen MR) is 138 cm³/mol. The number of urea groups is 1. The van der Waals surface area contributed by atoms with Crippen molar-refractivity contribution in [2.24, 2.45) is 5.92 Å². The largest absolute Gasteiger partial charge is 0.387 e. The van der Waals surface area contributed by atoms with Gasteiger partial charge in [0, 0.05) is 12.1 Å². The summed E-state index contributed by atoms with van der Waals surface area (Å²) in [6.07, 6.45) is -0.675. The molecule has 1 saturated heterocycles. The van der Waals surface area contributed by atoms with Crippen LogP contribution in [-0.4, -0.2) is 34.4 Å². The Kier molecular flexibility index (Phi) is 7.22. The minimum Gasteiger partial charge on any atom is -0.387 e. The first kappa shape index (κ1) is 25.1. The Morgan fingerprint density at radius 1 is 0.944 bits per heavy atom. The van der Waals surface area contributed by atoms with Crippen LogP contribution < -0.4 is 10.6 Å². The van der Waals surface area contributed by atoms with Gasteiger partial charge in [0.2, 0.25) is 5.91 Å². The molecule has 3 aromatic carbocycles. The van der Waals surface area contributed by atoms with Crippen LogP contribution in [0.15, 0.2) is 78.9 Å². The molecular formula is C29H31N3O4. The van der Waals surface area contributed by atoms with Gasteiger partial charge in [0.25, 0.3) is 5.91 Å². The van der Waals surface area contributed by atoms with Crippen molar-refractivity contribution in [2.45, 2.75) is 38.8 Å². The molecule has 36 heavy (non-hydrogen) atoms. The van der Waals surface area contributed by atoms with Gasteiger partial charge in [-0.15, -0.1) is 0 Å². The standard InChI is InChI=1S/C29H31N3O4/c1-19(2)17-26(34)30-24-15-11-21(12-16-24)25(33)18-32-27(35)29(31-28(32)36,22-7-5-4-6-8-22)23-13-9-20(3)10-14-23/h4-16,19,25,33H,17-18H2,1-3H3,(H,30,34)(H,31,36). The number of hydrogen-bond acceptors (Lipinski definition) is 4. The van der Waals surface area contributed by atoms with Gasteiger partial charge in [0.05, 0.1) is 12.6 Å². The molecule has 0 saturated carbocycles. The summed E-state index contributed by atoms with van der Waals surface area (Å²) >= 11 is 0. The average Bonchev–Trinajstić information content (AvgIpc) is 3.10. The second-order valence-corrected chi connectivity index (χ2v) is 9.61. The summed E-state index contributed by atoms with van der Waals surface area (Å²) in [6.45, 7) is 5.70. The van der Waals surface area contributed by atoms with Crippen LogP contribution in [0.4, 0.5) is 10.5 Å².